The summed E-state index contributed by atoms with van der Waals surface area (Å²) in [5, 5.41) is 9.66. The Morgan fingerprint density at radius 2 is 0.864 bits per heavy atom. The van der Waals surface area contributed by atoms with Crippen molar-refractivity contribution in [3.8, 4) is 0 Å². The molecule has 0 saturated carbocycles. The van der Waals surface area contributed by atoms with Gasteiger partial charge in [0.1, 0.15) is 13.2 Å². The van der Waals surface area contributed by atoms with Crippen LogP contribution in [0.2, 0.25) is 0 Å². The lowest BCUT2D eigenvalue weighted by Gasteiger charge is -2.25. The van der Waals surface area contributed by atoms with Gasteiger partial charge in [-0.1, -0.05) is 189 Å². The molecule has 0 aromatic heterocycles. The number of hydrogen-bond acceptors (Lipinski definition) is 7. The Morgan fingerprint density at radius 3 is 1.30 bits per heavy atom. The Bertz CT molecular complexity index is 1310. The number of hydrogen-bond donors (Lipinski definition) is 1. The Labute approximate surface area is 405 Å². The number of rotatable bonds is 48. The van der Waals surface area contributed by atoms with Crippen molar-refractivity contribution in [3.05, 3.63) is 72.9 Å². The highest BCUT2D eigenvalue weighted by Crippen LogP contribution is 2.15. The van der Waals surface area contributed by atoms with Gasteiger partial charge in [-0.15, -0.1) is 0 Å². The van der Waals surface area contributed by atoms with Crippen molar-refractivity contribution in [2.24, 2.45) is 0 Å². The van der Waals surface area contributed by atoms with Gasteiger partial charge in [-0.2, -0.15) is 0 Å². The molecule has 0 radical (unpaired) electrons. The van der Waals surface area contributed by atoms with E-state index in [9.17, 15) is 19.5 Å². The number of nitrogens with zero attached hydrogens (tertiary/aromatic N) is 1. The van der Waals surface area contributed by atoms with Crippen LogP contribution in [0.1, 0.15) is 213 Å². The second-order valence-corrected chi connectivity index (χ2v) is 18.8. The minimum atomic E-state index is -1.51. The number of esters is 2. The molecular formula is C57H100NO8+. The summed E-state index contributed by atoms with van der Waals surface area (Å²) in [5.74, 6) is -2.02. The fraction of sp³-hybridized carbons (Fsp3) is 0.737. The van der Waals surface area contributed by atoms with Crippen molar-refractivity contribution in [2.45, 2.75) is 225 Å². The third-order valence-electron chi connectivity index (χ3n) is 11.2. The quantitative estimate of drug-likeness (QED) is 0.0211. The zero-order valence-corrected chi connectivity index (χ0v) is 43.1. The van der Waals surface area contributed by atoms with E-state index < -0.39 is 24.3 Å². The van der Waals surface area contributed by atoms with E-state index in [0.29, 0.717) is 17.4 Å². The standard InChI is InChI=1S/C57H99NO8/c1-6-8-10-12-14-16-18-20-21-22-23-24-25-26-27-28-29-30-31-32-33-34-35-36-38-40-42-44-46-48-55(60)66-53(52-65-57(56(61)62)63-50-49-58(3,4)5)51-64-54(59)47-45-43-41-39-37-19-17-15-13-11-9-7-2/h8,10,14-17,20-21,23-24,26-27,53,57H,6-7,9,11-13,18-19,22,25,28-52H2,1-5H3/p+1/b10-8-,16-14-,17-15-,21-20-,24-23-,27-26-. The topological polar surface area (TPSA) is 108 Å². The summed E-state index contributed by atoms with van der Waals surface area (Å²) in [6.45, 7) is 4.72. The van der Waals surface area contributed by atoms with Crippen LogP contribution in [0.15, 0.2) is 72.9 Å². The molecule has 0 heterocycles. The van der Waals surface area contributed by atoms with Crippen LogP contribution in [0.3, 0.4) is 0 Å². The fourth-order valence-corrected chi connectivity index (χ4v) is 7.09. The second kappa shape index (κ2) is 48.2. The fourth-order valence-electron chi connectivity index (χ4n) is 7.09. The van der Waals surface area contributed by atoms with Crippen molar-refractivity contribution in [3.63, 3.8) is 0 Å². The maximum Gasteiger partial charge on any atom is 0.361 e. The third-order valence-corrected chi connectivity index (χ3v) is 11.2. The largest absolute Gasteiger partial charge is 0.477 e. The molecule has 380 valence electrons. The summed E-state index contributed by atoms with van der Waals surface area (Å²) in [7, 11) is 5.96. The molecule has 0 spiro atoms. The van der Waals surface area contributed by atoms with Crippen molar-refractivity contribution in [2.75, 3.05) is 47.5 Å². The Balaban J connectivity index is 4.20. The van der Waals surface area contributed by atoms with Gasteiger partial charge in [-0.05, 0) is 83.5 Å². The molecule has 2 unspecified atom stereocenters. The minimum absolute atomic E-state index is 0.184. The molecule has 0 amide bonds. The van der Waals surface area contributed by atoms with E-state index in [0.717, 1.165) is 83.5 Å². The van der Waals surface area contributed by atoms with Crippen LogP contribution < -0.4 is 0 Å². The van der Waals surface area contributed by atoms with Gasteiger partial charge in [-0.25, -0.2) is 4.79 Å². The predicted octanol–water partition coefficient (Wildman–Crippen LogP) is 15.1. The number of allylic oxidation sites excluding steroid dienone is 12. The smallest absolute Gasteiger partial charge is 0.361 e. The molecule has 0 saturated heterocycles. The monoisotopic (exact) mass is 927 g/mol. The van der Waals surface area contributed by atoms with Crippen LogP contribution in [0.25, 0.3) is 0 Å². The van der Waals surface area contributed by atoms with Crippen LogP contribution in [-0.2, 0) is 33.3 Å². The Kier molecular flexibility index (Phi) is 45.8. The number of carbonyl (C=O) groups is 3. The van der Waals surface area contributed by atoms with E-state index in [1.165, 1.54) is 96.3 Å². The predicted molar refractivity (Wildman–Crippen MR) is 276 cm³/mol. The molecule has 0 fully saturated rings. The molecule has 0 bridgehead atoms. The maximum absolute atomic E-state index is 12.8. The minimum Gasteiger partial charge on any atom is -0.477 e. The molecule has 2 atom stereocenters. The lowest BCUT2D eigenvalue weighted by Crippen LogP contribution is -2.40. The number of unbranched alkanes of at least 4 members (excludes halogenated alkanes) is 21. The van der Waals surface area contributed by atoms with Gasteiger partial charge < -0.3 is 28.5 Å². The molecule has 0 aliphatic rings. The molecule has 0 rings (SSSR count). The summed E-state index contributed by atoms with van der Waals surface area (Å²) in [6, 6.07) is 0. The van der Waals surface area contributed by atoms with Gasteiger partial charge >= 0.3 is 17.9 Å². The first-order valence-corrected chi connectivity index (χ1v) is 26.6. The van der Waals surface area contributed by atoms with E-state index in [2.05, 4.69) is 86.8 Å². The van der Waals surface area contributed by atoms with Crippen molar-refractivity contribution in [1.82, 2.24) is 0 Å². The van der Waals surface area contributed by atoms with Gasteiger partial charge in [0, 0.05) is 12.8 Å². The van der Waals surface area contributed by atoms with Crippen LogP contribution in [0.5, 0.6) is 0 Å². The maximum atomic E-state index is 12.8. The van der Waals surface area contributed by atoms with E-state index >= 15 is 0 Å². The number of quaternary nitrogens is 1. The highest BCUT2D eigenvalue weighted by atomic mass is 16.7. The van der Waals surface area contributed by atoms with Crippen LogP contribution in [0.4, 0.5) is 0 Å². The van der Waals surface area contributed by atoms with Crippen molar-refractivity contribution in [1.29, 1.82) is 0 Å². The Morgan fingerprint density at radius 1 is 0.470 bits per heavy atom. The lowest BCUT2D eigenvalue weighted by atomic mass is 10.0. The number of carboxylic acids is 1. The zero-order valence-electron chi connectivity index (χ0n) is 43.1. The average Bonchev–Trinajstić information content (AvgIpc) is 3.28. The first kappa shape index (κ1) is 62.7. The lowest BCUT2D eigenvalue weighted by molar-refractivity contribution is -0.870. The van der Waals surface area contributed by atoms with Crippen LogP contribution in [-0.4, -0.2) is 87.4 Å². The molecule has 0 aromatic carbocycles. The number of aliphatic carboxylic acids is 1. The van der Waals surface area contributed by atoms with Gasteiger partial charge in [-0.3, -0.25) is 9.59 Å². The van der Waals surface area contributed by atoms with E-state index in [1.807, 2.05) is 21.1 Å². The van der Waals surface area contributed by atoms with E-state index in [1.54, 1.807) is 0 Å². The molecule has 66 heavy (non-hydrogen) atoms. The van der Waals surface area contributed by atoms with Gasteiger partial charge in [0.2, 0.25) is 0 Å². The van der Waals surface area contributed by atoms with Crippen molar-refractivity contribution >= 4 is 17.9 Å². The molecule has 0 aliphatic carbocycles. The molecule has 9 heteroatoms. The second-order valence-electron chi connectivity index (χ2n) is 18.8. The number of likely N-dealkylation sites (N-methyl/N-ethyl adjacent to an activating group) is 1. The molecular weight excluding hydrogens is 827 g/mol. The Hall–Kier alpha value is -3.27. The molecule has 0 aromatic rings. The van der Waals surface area contributed by atoms with E-state index in [4.69, 9.17) is 18.9 Å². The van der Waals surface area contributed by atoms with Gasteiger partial charge in [0.25, 0.3) is 6.29 Å². The number of carbonyl (C=O) groups excluding carboxylic acids is 2. The molecule has 1 N–H and O–H groups in total. The third kappa shape index (κ3) is 48.7. The van der Waals surface area contributed by atoms with Crippen molar-refractivity contribution < 1.29 is 42.9 Å². The van der Waals surface area contributed by atoms with E-state index in [-0.39, 0.29) is 38.6 Å². The normalized spacial score (nSPS) is 13.4. The first-order chi connectivity index (χ1) is 32.1. The summed E-state index contributed by atoms with van der Waals surface area (Å²) in [5.41, 5.74) is 0. The highest BCUT2D eigenvalue weighted by Gasteiger charge is 2.25. The number of carboxylic acid groups (broad SMARTS) is 1. The first-order valence-electron chi connectivity index (χ1n) is 26.6. The molecule has 0 aliphatic heterocycles. The summed E-state index contributed by atoms with van der Waals surface area (Å²) in [6.07, 6.45) is 58.3. The van der Waals surface area contributed by atoms with Gasteiger partial charge in [0.05, 0.1) is 34.4 Å². The van der Waals surface area contributed by atoms with Crippen LogP contribution >= 0.6 is 0 Å². The average molecular weight is 927 g/mol. The summed E-state index contributed by atoms with van der Waals surface area (Å²) >= 11 is 0. The van der Waals surface area contributed by atoms with Crippen LogP contribution in [0, 0.1) is 0 Å². The van der Waals surface area contributed by atoms with Gasteiger partial charge in [0.15, 0.2) is 6.10 Å². The zero-order chi connectivity index (χ0) is 48.4. The SMILES string of the molecule is CC/C=C\C/C=C\C/C=C\C/C=C\C/C=C\CCCCCCCCCCCCCCCC(=O)OC(COC(=O)CCCCCCC/C=C\CCCCC)COC(OCC[N+](C)(C)C)C(=O)O. The highest BCUT2D eigenvalue weighted by molar-refractivity contribution is 5.71. The number of ether oxygens (including phenoxy) is 4. The summed E-state index contributed by atoms with van der Waals surface area (Å²) in [4.78, 5) is 37.2. The molecule has 9 nitrogen and oxygen atoms in total. The summed E-state index contributed by atoms with van der Waals surface area (Å²) < 4.78 is 22.8.